The lowest BCUT2D eigenvalue weighted by molar-refractivity contribution is -0.898. The Kier molecular flexibility index (Phi) is 4.75. The van der Waals surface area contributed by atoms with Crippen LogP contribution >= 0.6 is 0 Å². The van der Waals surface area contributed by atoms with Crippen LogP contribution in [0.5, 0.6) is 0 Å². The first-order valence-electron chi connectivity index (χ1n) is 6.78. The molecule has 0 amide bonds. The number of ketones is 1. The molecule has 2 heteroatoms. The maximum absolute atomic E-state index is 12.0. The zero-order valence-electron chi connectivity index (χ0n) is 10.5. The van der Waals surface area contributed by atoms with Crippen LogP contribution in [-0.4, -0.2) is 25.4 Å². The molecule has 1 aliphatic heterocycles. The van der Waals surface area contributed by atoms with Gasteiger partial charge in [-0.2, -0.15) is 0 Å². The largest absolute Gasteiger partial charge is 0.335 e. The van der Waals surface area contributed by atoms with Crippen molar-refractivity contribution in [1.82, 2.24) is 0 Å². The molecule has 1 N–H and O–H groups in total. The average molecular weight is 232 g/mol. The van der Waals surface area contributed by atoms with Gasteiger partial charge in [0, 0.05) is 5.56 Å². The molecule has 0 bridgehead atoms. The van der Waals surface area contributed by atoms with Gasteiger partial charge in [-0.05, 0) is 25.7 Å². The topological polar surface area (TPSA) is 21.5 Å². The van der Waals surface area contributed by atoms with E-state index in [1.807, 2.05) is 30.3 Å². The highest BCUT2D eigenvalue weighted by Gasteiger charge is 2.14. The quantitative estimate of drug-likeness (QED) is 0.784. The molecule has 1 fully saturated rings. The Morgan fingerprint density at radius 3 is 2.29 bits per heavy atom. The Bertz CT molecular complexity index is 339. The highest BCUT2D eigenvalue weighted by molar-refractivity contribution is 5.95. The number of carbonyl (C=O) groups is 1. The SMILES string of the molecule is O=C(CC[NH+]1CCCCCC1)c1ccccc1. The van der Waals surface area contributed by atoms with E-state index in [2.05, 4.69) is 0 Å². The summed E-state index contributed by atoms with van der Waals surface area (Å²) in [5.41, 5.74) is 0.863. The summed E-state index contributed by atoms with van der Waals surface area (Å²) < 4.78 is 0. The fraction of sp³-hybridized carbons (Fsp3) is 0.533. The van der Waals surface area contributed by atoms with E-state index in [1.54, 1.807) is 4.90 Å². The molecule has 1 heterocycles. The second-order valence-electron chi connectivity index (χ2n) is 4.95. The van der Waals surface area contributed by atoms with Gasteiger partial charge < -0.3 is 4.90 Å². The molecule has 17 heavy (non-hydrogen) atoms. The summed E-state index contributed by atoms with van der Waals surface area (Å²) in [5, 5.41) is 0. The Morgan fingerprint density at radius 2 is 1.65 bits per heavy atom. The molecular weight excluding hydrogens is 210 g/mol. The van der Waals surface area contributed by atoms with Crippen LogP contribution in [0.25, 0.3) is 0 Å². The first kappa shape index (κ1) is 12.3. The molecular formula is C15H22NO+. The van der Waals surface area contributed by atoms with Crippen molar-refractivity contribution in [2.45, 2.75) is 32.1 Å². The van der Waals surface area contributed by atoms with Crippen LogP contribution in [0.2, 0.25) is 0 Å². The van der Waals surface area contributed by atoms with Gasteiger partial charge in [0.25, 0.3) is 0 Å². The maximum Gasteiger partial charge on any atom is 0.168 e. The van der Waals surface area contributed by atoms with Crippen molar-refractivity contribution in [3.8, 4) is 0 Å². The normalized spacial score (nSPS) is 17.6. The summed E-state index contributed by atoms with van der Waals surface area (Å²) in [6.07, 6.45) is 6.09. The van der Waals surface area contributed by atoms with Crippen molar-refractivity contribution >= 4 is 5.78 Å². The number of carbonyl (C=O) groups excluding carboxylic acids is 1. The van der Waals surface area contributed by atoms with Crippen molar-refractivity contribution in [1.29, 1.82) is 0 Å². The standard InChI is InChI=1S/C15H21NO/c17-15(14-8-4-3-5-9-14)10-13-16-11-6-1-2-7-12-16/h3-5,8-9H,1-2,6-7,10-13H2/p+1. The third-order valence-electron chi connectivity index (χ3n) is 3.61. The highest BCUT2D eigenvalue weighted by atomic mass is 16.1. The fourth-order valence-electron chi connectivity index (χ4n) is 2.54. The Morgan fingerprint density at radius 1 is 1.00 bits per heavy atom. The van der Waals surface area contributed by atoms with Crippen LogP contribution in [0.3, 0.4) is 0 Å². The summed E-state index contributed by atoms with van der Waals surface area (Å²) in [6.45, 7) is 3.51. The molecule has 2 nitrogen and oxygen atoms in total. The van der Waals surface area contributed by atoms with E-state index in [0.717, 1.165) is 12.1 Å². The molecule has 0 unspecified atom stereocenters. The minimum absolute atomic E-state index is 0.294. The van der Waals surface area contributed by atoms with E-state index in [0.29, 0.717) is 12.2 Å². The summed E-state index contributed by atoms with van der Waals surface area (Å²) >= 11 is 0. The summed E-state index contributed by atoms with van der Waals surface area (Å²) in [4.78, 5) is 13.6. The minimum atomic E-state index is 0.294. The van der Waals surface area contributed by atoms with E-state index >= 15 is 0 Å². The lowest BCUT2D eigenvalue weighted by atomic mass is 10.1. The molecule has 1 aromatic rings. The number of likely N-dealkylation sites (tertiary alicyclic amines) is 1. The van der Waals surface area contributed by atoms with Crippen molar-refractivity contribution < 1.29 is 9.69 Å². The minimum Gasteiger partial charge on any atom is -0.335 e. The van der Waals surface area contributed by atoms with Gasteiger partial charge in [0.15, 0.2) is 5.78 Å². The molecule has 0 aromatic heterocycles. The molecule has 0 radical (unpaired) electrons. The molecule has 0 spiro atoms. The first-order chi connectivity index (χ1) is 8.36. The molecule has 0 saturated carbocycles. The summed E-state index contributed by atoms with van der Waals surface area (Å²) in [6, 6.07) is 9.66. The number of hydrogen-bond acceptors (Lipinski definition) is 1. The Labute approximate surface area is 104 Å². The van der Waals surface area contributed by atoms with Gasteiger partial charge >= 0.3 is 0 Å². The monoisotopic (exact) mass is 232 g/mol. The van der Waals surface area contributed by atoms with E-state index in [4.69, 9.17) is 0 Å². The van der Waals surface area contributed by atoms with Crippen LogP contribution in [0.15, 0.2) is 30.3 Å². The number of hydrogen-bond donors (Lipinski definition) is 1. The van der Waals surface area contributed by atoms with Crippen LogP contribution in [0.4, 0.5) is 0 Å². The number of benzene rings is 1. The van der Waals surface area contributed by atoms with Gasteiger partial charge in [0.2, 0.25) is 0 Å². The van der Waals surface area contributed by atoms with E-state index in [1.165, 1.54) is 38.8 Å². The maximum atomic E-state index is 12.0. The van der Waals surface area contributed by atoms with Crippen LogP contribution in [0.1, 0.15) is 42.5 Å². The van der Waals surface area contributed by atoms with Gasteiger partial charge in [-0.25, -0.2) is 0 Å². The first-order valence-corrected chi connectivity index (χ1v) is 6.78. The van der Waals surface area contributed by atoms with E-state index < -0.39 is 0 Å². The molecule has 0 atom stereocenters. The Hall–Kier alpha value is -1.15. The lowest BCUT2D eigenvalue weighted by Gasteiger charge is -2.16. The van der Waals surface area contributed by atoms with Gasteiger partial charge in [-0.15, -0.1) is 0 Å². The molecule has 2 rings (SSSR count). The second kappa shape index (κ2) is 6.55. The van der Waals surface area contributed by atoms with Crippen LogP contribution < -0.4 is 4.90 Å². The smallest absolute Gasteiger partial charge is 0.168 e. The fourth-order valence-corrected chi connectivity index (χ4v) is 2.54. The van der Waals surface area contributed by atoms with Crippen molar-refractivity contribution in [2.75, 3.05) is 19.6 Å². The van der Waals surface area contributed by atoms with Crippen LogP contribution in [-0.2, 0) is 0 Å². The van der Waals surface area contributed by atoms with Gasteiger partial charge in [0.1, 0.15) is 0 Å². The number of rotatable bonds is 4. The molecule has 0 aliphatic carbocycles. The zero-order chi connectivity index (χ0) is 11.9. The van der Waals surface area contributed by atoms with Crippen molar-refractivity contribution in [3.63, 3.8) is 0 Å². The zero-order valence-corrected chi connectivity index (χ0v) is 10.5. The lowest BCUT2D eigenvalue weighted by Crippen LogP contribution is -3.11. The van der Waals surface area contributed by atoms with Crippen LogP contribution in [0, 0.1) is 0 Å². The summed E-state index contributed by atoms with van der Waals surface area (Å²) in [7, 11) is 0. The van der Waals surface area contributed by atoms with Gasteiger partial charge in [-0.1, -0.05) is 30.3 Å². The molecule has 92 valence electrons. The van der Waals surface area contributed by atoms with Gasteiger partial charge in [-0.3, -0.25) is 4.79 Å². The predicted octanol–water partition coefficient (Wildman–Crippen LogP) is 1.72. The molecule has 1 aliphatic rings. The summed E-state index contributed by atoms with van der Waals surface area (Å²) in [5.74, 6) is 0.294. The van der Waals surface area contributed by atoms with Crippen molar-refractivity contribution in [3.05, 3.63) is 35.9 Å². The number of quaternary nitrogens is 1. The van der Waals surface area contributed by atoms with E-state index in [-0.39, 0.29) is 0 Å². The third-order valence-corrected chi connectivity index (χ3v) is 3.61. The highest BCUT2D eigenvalue weighted by Crippen LogP contribution is 2.02. The number of Topliss-reactive ketones (excluding diaryl/α,β-unsaturated/α-hetero) is 1. The van der Waals surface area contributed by atoms with Gasteiger partial charge in [0.05, 0.1) is 26.1 Å². The average Bonchev–Trinajstić information content (AvgIpc) is 2.65. The molecule has 1 saturated heterocycles. The third kappa shape index (κ3) is 3.97. The number of nitrogens with one attached hydrogen (secondary N) is 1. The second-order valence-corrected chi connectivity index (χ2v) is 4.95. The molecule has 1 aromatic carbocycles. The predicted molar refractivity (Wildman–Crippen MR) is 69.4 cm³/mol. The Balaban J connectivity index is 1.79. The van der Waals surface area contributed by atoms with E-state index in [9.17, 15) is 4.79 Å². The van der Waals surface area contributed by atoms with Crippen molar-refractivity contribution in [2.24, 2.45) is 0 Å².